The topological polar surface area (TPSA) is 89.9 Å². The van der Waals surface area contributed by atoms with Crippen molar-refractivity contribution in [1.82, 2.24) is 0 Å². The van der Waals surface area contributed by atoms with Gasteiger partial charge in [0.1, 0.15) is 17.5 Å². The van der Waals surface area contributed by atoms with E-state index >= 15 is 9.59 Å². The number of fused-ring (bicyclic) bond motifs is 1. The van der Waals surface area contributed by atoms with Crippen molar-refractivity contribution in [1.29, 1.82) is 0 Å². The van der Waals surface area contributed by atoms with Crippen molar-refractivity contribution in [2.45, 2.75) is 124 Å². The number of hydrogen-bond acceptors (Lipinski definition) is 6. The van der Waals surface area contributed by atoms with Crippen LogP contribution < -0.4 is 0 Å². The molecule has 0 aromatic heterocycles. The summed E-state index contributed by atoms with van der Waals surface area (Å²) in [4.78, 5) is 45.4. The SMILES string of the molecule is CC(C)=CCC1=C2OC(C3(C)CCC(C(C)(C)O)O3)CC23CC(CC=C(C)C)C(C)(C)C(C(=O)c2ccccc2)(C1=O)C3=O. The summed E-state index contributed by atoms with van der Waals surface area (Å²) in [6.45, 7) is 17.4. The van der Waals surface area contributed by atoms with E-state index in [-0.39, 0.29) is 17.8 Å². The Morgan fingerprint density at radius 2 is 1.64 bits per heavy atom. The minimum Gasteiger partial charge on any atom is -0.490 e. The normalized spacial score (nSPS) is 34.4. The lowest BCUT2D eigenvalue weighted by molar-refractivity contribution is -0.163. The van der Waals surface area contributed by atoms with Crippen molar-refractivity contribution in [3.63, 3.8) is 0 Å². The number of allylic oxidation sites excluding steroid dienone is 6. The third kappa shape index (κ3) is 4.79. The quantitative estimate of drug-likeness (QED) is 0.188. The highest BCUT2D eigenvalue weighted by Gasteiger charge is 2.77. The van der Waals surface area contributed by atoms with Gasteiger partial charge in [-0.3, -0.25) is 14.4 Å². The smallest absolute Gasteiger partial charge is 0.184 e. The van der Waals surface area contributed by atoms with Crippen LogP contribution in [-0.4, -0.2) is 45.9 Å². The Bertz CT molecular complexity index is 1450. The Balaban J connectivity index is 1.74. The van der Waals surface area contributed by atoms with Crippen LogP contribution in [0.2, 0.25) is 0 Å². The lowest BCUT2D eigenvalue weighted by Gasteiger charge is -2.58. The molecule has 6 unspecified atom stereocenters. The molecule has 0 amide bonds. The molecule has 44 heavy (non-hydrogen) atoms. The molecule has 3 fully saturated rings. The van der Waals surface area contributed by atoms with E-state index in [0.29, 0.717) is 55.4 Å². The van der Waals surface area contributed by atoms with Gasteiger partial charge >= 0.3 is 0 Å². The second kappa shape index (κ2) is 10.9. The summed E-state index contributed by atoms with van der Waals surface area (Å²) in [5.74, 6) is -0.835. The summed E-state index contributed by atoms with van der Waals surface area (Å²) in [6, 6.07) is 8.83. The van der Waals surface area contributed by atoms with Gasteiger partial charge in [-0.15, -0.1) is 0 Å². The first-order valence-corrected chi connectivity index (χ1v) is 16.2. The van der Waals surface area contributed by atoms with Gasteiger partial charge in [0.05, 0.1) is 17.1 Å². The summed E-state index contributed by atoms with van der Waals surface area (Å²) in [5, 5.41) is 10.8. The van der Waals surface area contributed by atoms with Crippen LogP contribution in [0.3, 0.4) is 0 Å². The van der Waals surface area contributed by atoms with Crippen molar-refractivity contribution >= 4 is 17.3 Å². The number of carbonyl (C=O) groups excluding carboxylic acids is 3. The fourth-order valence-corrected chi connectivity index (χ4v) is 8.38. The van der Waals surface area contributed by atoms with Gasteiger partial charge in [-0.2, -0.15) is 0 Å². The summed E-state index contributed by atoms with van der Waals surface area (Å²) >= 11 is 0. The molecule has 1 spiro atoms. The Morgan fingerprint density at radius 1 is 1.00 bits per heavy atom. The molecule has 2 heterocycles. The van der Waals surface area contributed by atoms with Crippen molar-refractivity contribution in [3.8, 4) is 0 Å². The largest absolute Gasteiger partial charge is 0.490 e. The molecule has 6 nitrogen and oxygen atoms in total. The summed E-state index contributed by atoms with van der Waals surface area (Å²) in [5.41, 5.74) is -2.74. The van der Waals surface area contributed by atoms with Crippen molar-refractivity contribution in [2.24, 2.45) is 22.2 Å². The van der Waals surface area contributed by atoms with Gasteiger partial charge in [0.25, 0.3) is 0 Å². The van der Waals surface area contributed by atoms with Crippen molar-refractivity contribution in [2.75, 3.05) is 0 Å². The molecule has 1 aromatic rings. The minimum atomic E-state index is -1.88. The van der Waals surface area contributed by atoms with Crippen LogP contribution in [0.4, 0.5) is 0 Å². The number of Topliss-reactive ketones (excluding diaryl/α,β-unsaturated/α-hetero) is 3. The zero-order valence-electron chi connectivity index (χ0n) is 28.0. The highest BCUT2D eigenvalue weighted by molar-refractivity contribution is 6.36. The van der Waals surface area contributed by atoms with Crippen LogP contribution in [0.25, 0.3) is 0 Å². The van der Waals surface area contributed by atoms with E-state index in [2.05, 4.69) is 6.08 Å². The monoisotopic (exact) mass is 602 g/mol. The van der Waals surface area contributed by atoms with Gasteiger partial charge in [-0.1, -0.05) is 67.5 Å². The van der Waals surface area contributed by atoms with Gasteiger partial charge < -0.3 is 14.6 Å². The van der Waals surface area contributed by atoms with Crippen LogP contribution in [0.15, 0.2) is 65.0 Å². The Morgan fingerprint density at radius 3 is 2.20 bits per heavy atom. The van der Waals surface area contributed by atoms with Crippen LogP contribution in [0.1, 0.15) is 111 Å². The van der Waals surface area contributed by atoms with Gasteiger partial charge in [-0.05, 0) is 91.9 Å². The number of benzene rings is 1. The molecule has 2 aliphatic heterocycles. The molecule has 1 aromatic carbocycles. The molecule has 2 bridgehead atoms. The predicted octanol–water partition coefficient (Wildman–Crippen LogP) is 7.50. The standard InChI is InChI=1S/C38H50O6/c1-23(2)15-17-26-21-37-22-29(36(9)20-19-28(44-36)35(7,8)42)43-32(37)27(18-16-24(3)4)31(40)38(33(37)41,34(26,5)6)30(39)25-13-11-10-12-14-25/h10-16,26,28-29,42H,17-22H2,1-9H3. The molecule has 2 aliphatic carbocycles. The van der Waals surface area contributed by atoms with Gasteiger partial charge in [0.2, 0.25) is 0 Å². The molecular weight excluding hydrogens is 552 g/mol. The van der Waals surface area contributed by atoms with E-state index in [1.54, 1.807) is 38.1 Å². The molecule has 0 radical (unpaired) electrons. The first-order chi connectivity index (χ1) is 20.4. The average molecular weight is 603 g/mol. The fourth-order valence-electron chi connectivity index (χ4n) is 8.38. The highest BCUT2D eigenvalue weighted by Crippen LogP contribution is 2.69. The molecule has 2 saturated heterocycles. The van der Waals surface area contributed by atoms with E-state index in [1.807, 2.05) is 60.6 Å². The van der Waals surface area contributed by atoms with E-state index in [1.165, 1.54) is 0 Å². The fraction of sp³-hybridized carbons (Fsp3) is 0.605. The maximum absolute atomic E-state index is 15.4. The second-order valence-corrected chi connectivity index (χ2v) is 15.5. The lowest BCUT2D eigenvalue weighted by atomic mass is 9.39. The third-order valence-corrected chi connectivity index (χ3v) is 11.2. The number of ketones is 3. The number of ether oxygens (including phenoxy) is 2. The van der Waals surface area contributed by atoms with Crippen molar-refractivity contribution in [3.05, 3.63) is 70.5 Å². The second-order valence-electron chi connectivity index (χ2n) is 15.5. The Hall–Kier alpha value is -2.83. The van der Waals surface area contributed by atoms with Crippen LogP contribution in [-0.2, 0) is 19.1 Å². The molecule has 1 N–H and O–H groups in total. The summed E-state index contributed by atoms with van der Waals surface area (Å²) in [7, 11) is 0. The summed E-state index contributed by atoms with van der Waals surface area (Å²) < 4.78 is 13.4. The number of carbonyl (C=O) groups is 3. The number of hydrogen-bond donors (Lipinski definition) is 1. The van der Waals surface area contributed by atoms with Crippen molar-refractivity contribution < 1.29 is 29.0 Å². The third-order valence-electron chi connectivity index (χ3n) is 11.2. The summed E-state index contributed by atoms with van der Waals surface area (Å²) in [6.07, 6.45) is 6.37. The Kier molecular flexibility index (Phi) is 8.07. The van der Waals surface area contributed by atoms with E-state index in [0.717, 1.165) is 11.1 Å². The molecule has 6 atom stereocenters. The molecule has 1 saturated carbocycles. The maximum Gasteiger partial charge on any atom is 0.184 e. The lowest BCUT2D eigenvalue weighted by Crippen LogP contribution is -2.69. The minimum absolute atomic E-state index is 0.129. The first-order valence-electron chi connectivity index (χ1n) is 16.2. The van der Waals surface area contributed by atoms with E-state index in [9.17, 15) is 9.90 Å². The van der Waals surface area contributed by atoms with E-state index in [4.69, 9.17) is 9.47 Å². The molecule has 4 aliphatic rings. The zero-order valence-corrected chi connectivity index (χ0v) is 28.0. The Labute approximate surface area is 263 Å². The number of aliphatic hydroxyl groups is 1. The van der Waals surface area contributed by atoms with Gasteiger partial charge in [-0.25, -0.2) is 0 Å². The maximum atomic E-state index is 15.4. The predicted molar refractivity (Wildman–Crippen MR) is 171 cm³/mol. The van der Waals surface area contributed by atoms with Crippen LogP contribution in [0.5, 0.6) is 0 Å². The molecule has 5 rings (SSSR count). The van der Waals surface area contributed by atoms with Crippen LogP contribution in [0, 0.1) is 22.2 Å². The molecule has 6 heteroatoms. The first kappa shape index (κ1) is 32.6. The van der Waals surface area contributed by atoms with Gasteiger partial charge in [0.15, 0.2) is 22.8 Å². The van der Waals surface area contributed by atoms with Gasteiger partial charge in [0, 0.05) is 17.6 Å². The average Bonchev–Trinajstić information content (AvgIpc) is 3.54. The van der Waals surface area contributed by atoms with Crippen LogP contribution >= 0.6 is 0 Å². The zero-order chi connectivity index (χ0) is 32.5. The molecule has 238 valence electrons. The van der Waals surface area contributed by atoms with E-state index < -0.39 is 45.1 Å². The highest BCUT2D eigenvalue weighted by atomic mass is 16.6. The molecular formula is C38H50O6. The number of rotatable bonds is 8.